The second-order valence-electron chi connectivity index (χ2n) is 4.46. The summed E-state index contributed by atoms with van der Waals surface area (Å²) in [6.07, 6.45) is 3.63. The van der Waals surface area contributed by atoms with Gasteiger partial charge in [0.2, 0.25) is 5.91 Å². The number of carbonyl (C=O) groups excluding carboxylic acids is 1. The summed E-state index contributed by atoms with van der Waals surface area (Å²) in [6.45, 7) is 4.22. The Bertz CT molecular complexity index is 446. The summed E-state index contributed by atoms with van der Waals surface area (Å²) >= 11 is 0. The lowest BCUT2D eigenvalue weighted by molar-refractivity contribution is -0.134. The van der Waals surface area contributed by atoms with Crippen molar-refractivity contribution in [2.75, 3.05) is 6.54 Å². The maximum atomic E-state index is 12.3. The number of hydrogen-bond acceptors (Lipinski definition) is 4. The van der Waals surface area contributed by atoms with E-state index >= 15 is 0 Å². The highest BCUT2D eigenvalue weighted by atomic mass is 16.2. The molecule has 6 nitrogen and oxygen atoms in total. The number of nitrogens with zero attached hydrogens (tertiary/aromatic N) is 4. The summed E-state index contributed by atoms with van der Waals surface area (Å²) in [5.41, 5.74) is 6.62. The van der Waals surface area contributed by atoms with Crippen LogP contribution in [0.25, 0.3) is 0 Å². The van der Waals surface area contributed by atoms with Crippen LogP contribution in [0.2, 0.25) is 0 Å². The van der Waals surface area contributed by atoms with Gasteiger partial charge in [-0.3, -0.25) is 9.48 Å². The van der Waals surface area contributed by atoms with Crippen molar-refractivity contribution in [2.24, 2.45) is 12.8 Å². The normalized spacial score (nSPS) is 12.2. The molecule has 1 amide bonds. The fourth-order valence-electron chi connectivity index (χ4n) is 1.72. The lowest BCUT2D eigenvalue weighted by Crippen LogP contribution is -2.43. The smallest absolute Gasteiger partial charge is 0.244 e. The summed E-state index contributed by atoms with van der Waals surface area (Å²) in [5, 5.41) is 12.6. The van der Waals surface area contributed by atoms with Gasteiger partial charge in [-0.05, 0) is 13.8 Å². The SMILES string of the molecule is CC(C)N(CCC#N)C(=O)C(N)c1cnn(C)c1. The van der Waals surface area contributed by atoms with Crippen LogP contribution < -0.4 is 5.73 Å². The van der Waals surface area contributed by atoms with Crippen molar-refractivity contribution in [3.63, 3.8) is 0 Å². The van der Waals surface area contributed by atoms with Crippen LogP contribution >= 0.6 is 0 Å². The van der Waals surface area contributed by atoms with Crippen molar-refractivity contribution in [2.45, 2.75) is 32.4 Å². The Hall–Kier alpha value is -1.87. The van der Waals surface area contributed by atoms with Gasteiger partial charge >= 0.3 is 0 Å². The van der Waals surface area contributed by atoms with E-state index in [1.165, 1.54) is 0 Å². The average molecular weight is 249 g/mol. The molecule has 0 aliphatic heterocycles. The van der Waals surface area contributed by atoms with Crippen molar-refractivity contribution in [3.05, 3.63) is 18.0 Å². The first-order valence-corrected chi connectivity index (χ1v) is 5.89. The van der Waals surface area contributed by atoms with Gasteiger partial charge in [-0.25, -0.2) is 0 Å². The van der Waals surface area contributed by atoms with Gasteiger partial charge in [-0.15, -0.1) is 0 Å². The second kappa shape index (κ2) is 6.17. The molecule has 1 aromatic rings. The van der Waals surface area contributed by atoms with Gasteiger partial charge < -0.3 is 10.6 Å². The number of hydrogen-bond donors (Lipinski definition) is 1. The molecule has 0 saturated heterocycles. The third-order valence-electron chi connectivity index (χ3n) is 2.72. The fraction of sp³-hybridized carbons (Fsp3) is 0.583. The Morgan fingerprint density at radius 2 is 2.33 bits per heavy atom. The zero-order valence-electron chi connectivity index (χ0n) is 11.0. The van der Waals surface area contributed by atoms with Crippen molar-refractivity contribution < 1.29 is 4.79 Å². The minimum Gasteiger partial charge on any atom is -0.338 e. The van der Waals surface area contributed by atoms with E-state index in [1.807, 2.05) is 19.9 Å². The van der Waals surface area contributed by atoms with E-state index in [-0.39, 0.29) is 11.9 Å². The van der Waals surface area contributed by atoms with Gasteiger partial charge in [0.25, 0.3) is 0 Å². The fourth-order valence-corrected chi connectivity index (χ4v) is 1.72. The molecule has 2 N–H and O–H groups in total. The molecule has 18 heavy (non-hydrogen) atoms. The number of nitriles is 1. The van der Waals surface area contributed by atoms with Crippen molar-refractivity contribution in [3.8, 4) is 6.07 Å². The lowest BCUT2D eigenvalue weighted by Gasteiger charge is -2.28. The van der Waals surface area contributed by atoms with Gasteiger partial charge in [0.05, 0.1) is 18.7 Å². The van der Waals surface area contributed by atoms with Gasteiger partial charge in [0.15, 0.2) is 0 Å². The molecule has 0 aliphatic carbocycles. The molecule has 0 aliphatic rings. The van der Waals surface area contributed by atoms with Crippen LogP contribution in [0.1, 0.15) is 31.9 Å². The highest BCUT2D eigenvalue weighted by Crippen LogP contribution is 2.14. The van der Waals surface area contributed by atoms with E-state index < -0.39 is 6.04 Å². The highest BCUT2D eigenvalue weighted by molar-refractivity contribution is 5.83. The zero-order valence-corrected chi connectivity index (χ0v) is 11.0. The minimum atomic E-state index is -0.722. The lowest BCUT2D eigenvalue weighted by atomic mass is 10.1. The van der Waals surface area contributed by atoms with Crippen LogP contribution in [-0.4, -0.2) is 33.2 Å². The van der Waals surface area contributed by atoms with E-state index in [0.29, 0.717) is 18.5 Å². The first-order valence-electron chi connectivity index (χ1n) is 5.89. The van der Waals surface area contributed by atoms with Crippen LogP contribution in [0.5, 0.6) is 0 Å². The molecule has 1 atom stereocenters. The summed E-state index contributed by atoms with van der Waals surface area (Å²) in [5.74, 6) is -0.173. The van der Waals surface area contributed by atoms with Crippen LogP contribution in [-0.2, 0) is 11.8 Å². The molecule has 0 radical (unpaired) electrons. The molecule has 6 heteroatoms. The third kappa shape index (κ3) is 3.31. The maximum absolute atomic E-state index is 12.3. The maximum Gasteiger partial charge on any atom is 0.244 e. The van der Waals surface area contributed by atoms with Gasteiger partial charge in [0.1, 0.15) is 6.04 Å². The number of nitrogens with two attached hydrogens (primary N) is 1. The van der Waals surface area contributed by atoms with Crippen LogP contribution in [0.3, 0.4) is 0 Å². The number of rotatable bonds is 5. The van der Waals surface area contributed by atoms with Crippen molar-refractivity contribution >= 4 is 5.91 Å². The van der Waals surface area contributed by atoms with Crippen LogP contribution in [0.15, 0.2) is 12.4 Å². The molecule has 0 spiro atoms. The van der Waals surface area contributed by atoms with E-state index in [0.717, 1.165) is 0 Å². The quantitative estimate of drug-likeness (QED) is 0.826. The van der Waals surface area contributed by atoms with Gasteiger partial charge in [-0.2, -0.15) is 10.4 Å². The van der Waals surface area contributed by atoms with E-state index in [9.17, 15) is 4.79 Å². The molecule has 1 rings (SSSR count). The molecular weight excluding hydrogens is 230 g/mol. The van der Waals surface area contributed by atoms with Gasteiger partial charge in [0, 0.05) is 31.4 Å². The number of aryl methyl sites for hydroxylation is 1. The molecule has 1 aromatic heterocycles. The Morgan fingerprint density at radius 1 is 1.67 bits per heavy atom. The first-order chi connectivity index (χ1) is 8.47. The summed E-state index contributed by atoms with van der Waals surface area (Å²) < 4.78 is 1.61. The van der Waals surface area contributed by atoms with E-state index in [1.54, 1.807) is 29.0 Å². The summed E-state index contributed by atoms with van der Waals surface area (Å²) in [6, 6.07) is 1.34. The minimum absolute atomic E-state index is 0.0218. The number of amides is 1. The van der Waals surface area contributed by atoms with E-state index in [2.05, 4.69) is 5.10 Å². The second-order valence-corrected chi connectivity index (χ2v) is 4.46. The molecule has 1 unspecified atom stereocenters. The molecule has 0 saturated carbocycles. The molecular formula is C12H19N5O. The molecule has 98 valence electrons. The molecule has 1 heterocycles. The molecule has 0 aromatic carbocycles. The Morgan fingerprint density at radius 3 is 2.78 bits per heavy atom. The van der Waals surface area contributed by atoms with Gasteiger partial charge in [-0.1, -0.05) is 0 Å². The average Bonchev–Trinajstić information content (AvgIpc) is 2.74. The summed E-state index contributed by atoms with van der Waals surface area (Å²) in [4.78, 5) is 13.9. The van der Waals surface area contributed by atoms with Crippen molar-refractivity contribution in [1.82, 2.24) is 14.7 Å². The Kier molecular flexibility index (Phi) is 4.86. The van der Waals surface area contributed by atoms with Crippen LogP contribution in [0, 0.1) is 11.3 Å². The number of carbonyl (C=O) groups is 1. The number of aromatic nitrogens is 2. The predicted octanol–water partition coefficient (Wildman–Crippen LogP) is 0.571. The predicted molar refractivity (Wildman–Crippen MR) is 67.2 cm³/mol. The van der Waals surface area contributed by atoms with Crippen molar-refractivity contribution in [1.29, 1.82) is 5.26 Å². The Labute approximate surface area is 107 Å². The standard InChI is InChI=1S/C12H19N5O/c1-9(2)17(6-4-5-13)12(18)11(14)10-7-15-16(3)8-10/h7-9,11H,4,6,14H2,1-3H3. The molecule has 0 bridgehead atoms. The monoisotopic (exact) mass is 249 g/mol. The zero-order chi connectivity index (χ0) is 13.7. The molecule has 0 fully saturated rings. The largest absolute Gasteiger partial charge is 0.338 e. The van der Waals surface area contributed by atoms with E-state index in [4.69, 9.17) is 11.0 Å². The van der Waals surface area contributed by atoms with Crippen LogP contribution in [0.4, 0.5) is 0 Å². The Balaban J connectivity index is 2.79. The topological polar surface area (TPSA) is 87.9 Å². The first kappa shape index (κ1) is 14.2. The third-order valence-corrected chi connectivity index (χ3v) is 2.72. The highest BCUT2D eigenvalue weighted by Gasteiger charge is 2.25. The summed E-state index contributed by atoms with van der Waals surface area (Å²) in [7, 11) is 1.77.